The molecule has 1 aromatic carbocycles. The monoisotopic (exact) mass is 274 g/mol. The first-order valence-corrected chi connectivity index (χ1v) is 8.07. The number of benzene rings is 1. The van der Waals surface area contributed by atoms with Gasteiger partial charge in [0.1, 0.15) is 0 Å². The van der Waals surface area contributed by atoms with Crippen molar-refractivity contribution in [2.45, 2.75) is 66.1 Å². The molecular weight excluding hydrogens is 244 g/mol. The van der Waals surface area contributed by atoms with Gasteiger partial charge < -0.3 is 10.2 Å². The predicted octanol–water partition coefficient (Wildman–Crippen LogP) is 4.12. The van der Waals surface area contributed by atoms with E-state index in [-0.39, 0.29) is 0 Å². The molecule has 0 amide bonds. The van der Waals surface area contributed by atoms with Crippen LogP contribution in [0.3, 0.4) is 0 Å². The zero-order chi connectivity index (χ0) is 14.7. The Morgan fingerprint density at radius 2 is 2.05 bits per heavy atom. The first-order chi connectivity index (χ1) is 9.47. The van der Waals surface area contributed by atoms with Gasteiger partial charge in [-0.1, -0.05) is 38.5 Å². The van der Waals surface area contributed by atoms with Crippen molar-refractivity contribution < 1.29 is 0 Å². The molecule has 1 aliphatic rings. The van der Waals surface area contributed by atoms with E-state index in [1.165, 1.54) is 36.2 Å². The molecule has 1 fully saturated rings. The van der Waals surface area contributed by atoms with Gasteiger partial charge in [0.15, 0.2) is 0 Å². The zero-order valence-corrected chi connectivity index (χ0v) is 13.7. The lowest BCUT2D eigenvalue weighted by molar-refractivity contribution is 0.377. The van der Waals surface area contributed by atoms with Crippen molar-refractivity contribution in [2.75, 3.05) is 11.4 Å². The largest absolute Gasteiger partial charge is 0.369 e. The van der Waals surface area contributed by atoms with Crippen molar-refractivity contribution in [3.63, 3.8) is 0 Å². The average molecular weight is 274 g/mol. The number of aryl methyl sites for hydroxylation is 1. The van der Waals surface area contributed by atoms with E-state index >= 15 is 0 Å². The lowest BCUT2D eigenvalue weighted by Crippen LogP contribution is -2.41. The van der Waals surface area contributed by atoms with Crippen molar-refractivity contribution in [2.24, 2.45) is 5.92 Å². The fourth-order valence-corrected chi connectivity index (χ4v) is 3.22. The van der Waals surface area contributed by atoms with Gasteiger partial charge in [-0.05, 0) is 44.2 Å². The second-order valence-electron chi connectivity index (χ2n) is 6.84. The maximum atomic E-state index is 3.57. The summed E-state index contributed by atoms with van der Waals surface area (Å²) in [7, 11) is 0. The molecule has 1 N–H and O–H groups in total. The minimum atomic E-state index is 0.530. The summed E-state index contributed by atoms with van der Waals surface area (Å²) >= 11 is 0. The molecule has 0 aromatic heterocycles. The van der Waals surface area contributed by atoms with Gasteiger partial charge in [0, 0.05) is 30.9 Å². The van der Waals surface area contributed by atoms with Gasteiger partial charge in [-0.15, -0.1) is 0 Å². The van der Waals surface area contributed by atoms with Crippen LogP contribution in [-0.2, 0) is 6.54 Å². The second-order valence-corrected chi connectivity index (χ2v) is 6.84. The van der Waals surface area contributed by atoms with E-state index in [1.54, 1.807) is 0 Å². The summed E-state index contributed by atoms with van der Waals surface area (Å²) in [6, 6.07) is 8.09. The normalized spacial score (nSPS) is 23.4. The fourth-order valence-electron chi connectivity index (χ4n) is 3.22. The third-order valence-corrected chi connectivity index (χ3v) is 4.38. The van der Waals surface area contributed by atoms with Gasteiger partial charge in [0.2, 0.25) is 0 Å². The van der Waals surface area contributed by atoms with Crippen LogP contribution in [0.15, 0.2) is 18.2 Å². The molecule has 0 aliphatic carbocycles. The Morgan fingerprint density at radius 1 is 1.30 bits per heavy atom. The van der Waals surface area contributed by atoms with Crippen LogP contribution in [-0.4, -0.2) is 18.6 Å². The van der Waals surface area contributed by atoms with Gasteiger partial charge >= 0.3 is 0 Å². The Kier molecular flexibility index (Phi) is 5.09. The highest BCUT2D eigenvalue weighted by molar-refractivity contribution is 5.56. The lowest BCUT2D eigenvalue weighted by atomic mass is 9.92. The quantitative estimate of drug-likeness (QED) is 0.888. The molecule has 2 unspecified atom stereocenters. The number of nitrogens with zero attached hydrogens (tertiary/aromatic N) is 1. The van der Waals surface area contributed by atoms with E-state index in [0.717, 1.165) is 12.5 Å². The van der Waals surface area contributed by atoms with Gasteiger partial charge in [-0.25, -0.2) is 0 Å². The third kappa shape index (κ3) is 3.76. The molecule has 2 atom stereocenters. The number of anilines is 1. The summed E-state index contributed by atoms with van der Waals surface area (Å²) in [5.74, 6) is 0.865. The summed E-state index contributed by atoms with van der Waals surface area (Å²) in [6.07, 6.45) is 2.63. The average Bonchev–Trinajstić information content (AvgIpc) is 2.37. The Balaban J connectivity index is 2.21. The van der Waals surface area contributed by atoms with Gasteiger partial charge in [-0.2, -0.15) is 0 Å². The molecule has 2 heteroatoms. The van der Waals surface area contributed by atoms with Gasteiger partial charge in [0.25, 0.3) is 0 Å². The molecule has 1 saturated heterocycles. The Labute approximate surface area is 124 Å². The number of hydrogen-bond acceptors (Lipinski definition) is 2. The van der Waals surface area contributed by atoms with E-state index in [0.29, 0.717) is 12.1 Å². The highest BCUT2D eigenvalue weighted by Crippen LogP contribution is 2.30. The molecular formula is C18H30N2. The van der Waals surface area contributed by atoms with E-state index in [4.69, 9.17) is 0 Å². The molecule has 0 radical (unpaired) electrons. The standard InChI is InChI=1S/C18H30N2/c1-13(2)19-12-17-11-14(3)6-7-18(17)20-9-8-15(4)10-16(20)5/h6-7,11,13,15-16,19H,8-10,12H2,1-5H3. The zero-order valence-electron chi connectivity index (χ0n) is 13.7. The van der Waals surface area contributed by atoms with Crippen LogP contribution in [0.5, 0.6) is 0 Å². The SMILES string of the molecule is Cc1ccc(N2CCC(C)CC2C)c(CNC(C)C)c1. The predicted molar refractivity (Wildman–Crippen MR) is 88.4 cm³/mol. The number of nitrogens with one attached hydrogen (secondary N) is 1. The number of hydrogen-bond donors (Lipinski definition) is 1. The summed E-state index contributed by atoms with van der Waals surface area (Å²) in [4.78, 5) is 2.61. The maximum absolute atomic E-state index is 3.57. The molecule has 2 nitrogen and oxygen atoms in total. The van der Waals surface area contributed by atoms with Gasteiger partial charge in [-0.3, -0.25) is 0 Å². The van der Waals surface area contributed by atoms with Crippen LogP contribution in [0.25, 0.3) is 0 Å². The van der Waals surface area contributed by atoms with E-state index in [9.17, 15) is 0 Å². The highest BCUT2D eigenvalue weighted by atomic mass is 15.2. The maximum Gasteiger partial charge on any atom is 0.0414 e. The van der Waals surface area contributed by atoms with Crippen molar-refractivity contribution in [1.82, 2.24) is 5.32 Å². The second kappa shape index (κ2) is 6.62. The summed E-state index contributed by atoms with van der Waals surface area (Å²) in [5.41, 5.74) is 4.23. The number of rotatable bonds is 4. The smallest absolute Gasteiger partial charge is 0.0414 e. The molecule has 0 saturated carbocycles. The van der Waals surface area contributed by atoms with Crippen molar-refractivity contribution in [3.05, 3.63) is 29.3 Å². The van der Waals surface area contributed by atoms with Crippen LogP contribution in [0, 0.1) is 12.8 Å². The molecule has 20 heavy (non-hydrogen) atoms. The minimum Gasteiger partial charge on any atom is -0.369 e. The molecule has 0 bridgehead atoms. The molecule has 112 valence electrons. The Bertz CT molecular complexity index is 439. The van der Waals surface area contributed by atoms with E-state index < -0.39 is 0 Å². The molecule has 2 rings (SSSR count). The Hall–Kier alpha value is -1.02. The minimum absolute atomic E-state index is 0.530. The lowest BCUT2D eigenvalue weighted by Gasteiger charge is -2.39. The summed E-state index contributed by atoms with van der Waals surface area (Å²) < 4.78 is 0. The molecule has 1 heterocycles. The van der Waals surface area contributed by atoms with Gasteiger partial charge in [0.05, 0.1) is 0 Å². The third-order valence-electron chi connectivity index (χ3n) is 4.38. The highest BCUT2D eigenvalue weighted by Gasteiger charge is 2.24. The van der Waals surface area contributed by atoms with E-state index in [2.05, 4.69) is 63.0 Å². The summed E-state index contributed by atoms with van der Waals surface area (Å²) in [5, 5.41) is 3.57. The van der Waals surface area contributed by atoms with Crippen LogP contribution < -0.4 is 10.2 Å². The first-order valence-electron chi connectivity index (χ1n) is 8.07. The van der Waals surface area contributed by atoms with Crippen molar-refractivity contribution >= 4 is 5.69 Å². The van der Waals surface area contributed by atoms with Crippen LogP contribution in [0.4, 0.5) is 5.69 Å². The van der Waals surface area contributed by atoms with Crippen LogP contribution in [0.1, 0.15) is 51.7 Å². The molecule has 1 aromatic rings. The van der Waals surface area contributed by atoms with Crippen LogP contribution >= 0.6 is 0 Å². The molecule has 1 aliphatic heterocycles. The van der Waals surface area contributed by atoms with Crippen molar-refractivity contribution in [1.29, 1.82) is 0 Å². The van der Waals surface area contributed by atoms with Crippen LogP contribution in [0.2, 0.25) is 0 Å². The van der Waals surface area contributed by atoms with Crippen molar-refractivity contribution in [3.8, 4) is 0 Å². The Morgan fingerprint density at radius 3 is 2.70 bits per heavy atom. The first kappa shape index (κ1) is 15.4. The topological polar surface area (TPSA) is 15.3 Å². The number of piperidine rings is 1. The summed E-state index contributed by atoms with van der Waals surface area (Å²) in [6.45, 7) is 13.5. The van der Waals surface area contributed by atoms with E-state index in [1.807, 2.05) is 0 Å². The fraction of sp³-hybridized carbons (Fsp3) is 0.667. The molecule has 0 spiro atoms.